The summed E-state index contributed by atoms with van der Waals surface area (Å²) in [6.07, 6.45) is 2.61. The first kappa shape index (κ1) is 22.5. The van der Waals surface area contributed by atoms with E-state index in [1.54, 1.807) is 24.3 Å². The Balaban J connectivity index is 1.53. The van der Waals surface area contributed by atoms with Gasteiger partial charge < -0.3 is 19.5 Å². The topological polar surface area (TPSA) is 94.2 Å². The van der Waals surface area contributed by atoms with Gasteiger partial charge in [-0.3, -0.25) is 14.5 Å². The third-order valence-corrected chi connectivity index (χ3v) is 5.87. The summed E-state index contributed by atoms with van der Waals surface area (Å²) in [5.74, 6) is -1.95. The molecule has 1 aliphatic carbocycles. The Kier molecular flexibility index (Phi) is 6.17. The third kappa shape index (κ3) is 4.20. The lowest BCUT2D eigenvalue weighted by Gasteiger charge is -2.44. The van der Waals surface area contributed by atoms with Crippen molar-refractivity contribution in [3.05, 3.63) is 48.0 Å². The highest BCUT2D eigenvalue weighted by Crippen LogP contribution is 2.45. The second-order valence-electron chi connectivity index (χ2n) is 7.76. The van der Waals surface area contributed by atoms with Crippen molar-refractivity contribution in [3.63, 3.8) is 0 Å². The van der Waals surface area contributed by atoms with E-state index in [-0.39, 0.29) is 23.0 Å². The number of nitrogens with one attached hydrogen (secondary N) is 1. The summed E-state index contributed by atoms with van der Waals surface area (Å²) < 4.78 is 39.5. The van der Waals surface area contributed by atoms with Gasteiger partial charge in [-0.05, 0) is 43.2 Å². The maximum absolute atomic E-state index is 13.2. The number of hydrogen-bond acceptors (Lipinski definition) is 6. The summed E-state index contributed by atoms with van der Waals surface area (Å²) in [5.41, 5.74) is 0.0397. The van der Waals surface area contributed by atoms with Crippen molar-refractivity contribution in [2.24, 2.45) is 0 Å². The Bertz CT molecular complexity index is 1080. The molecule has 4 rings (SSSR count). The Hall–Kier alpha value is -3.69. The number of nitrogens with zero attached hydrogens (tertiary/aromatic N) is 1. The molecule has 1 N–H and O–H groups in total. The maximum Gasteiger partial charge on any atom is 0.387 e. The second-order valence-corrected chi connectivity index (χ2v) is 7.76. The highest BCUT2D eigenvalue weighted by molar-refractivity contribution is 6.15. The van der Waals surface area contributed by atoms with Gasteiger partial charge in [0.1, 0.15) is 5.54 Å². The molecule has 0 bridgehead atoms. The third-order valence-electron chi connectivity index (χ3n) is 5.87. The van der Waals surface area contributed by atoms with E-state index in [1.165, 1.54) is 24.1 Å². The lowest BCUT2D eigenvalue weighted by Crippen LogP contribution is -2.61. The van der Waals surface area contributed by atoms with E-state index in [0.29, 0.717) is 24.2 Å². The molecule has 2 aromatic carbocycles. The van der Waals surface area contributed by atoms with Crippen molar-refractivity contribution in [1.82, 2.24) is 0 Å². The number of esters is 1. The van der Waals surface area contributed by atoms with Crippen LogP contribution in [0.1, 0.15) is 36.0 Å². The summed E-state index contributed by atoms with van der Waals surface area (Å²) in [7, 11) is 1.24. The van der Waals surface area contributed by atoms with Crippen LogP contribution in [0.15, 0.2) is 42.5 Å². The van der Waals surface area contributed by atoms with Crippen molar-refractivity contribution < 1.29 is 37.4 Å². The van der Waals surface area contributed by atoms with Crippen molar-refractivity contribution in [3.8, 4) is 11.5 Å². The van der Waals surface area contributed by atoms with E-state index in [2.05, 4.69) is 10.1 Å². The molecule has 33 heavy (non-hydrogen) atoms. The van der Waals surface area contributed by atoms with Gasteiger partial charge in [-0.25, -0.2) is 4.79 Å². The van der Waals surface area contributed by atoms with Gasteiger partial charge in [0.05, 0.1) is 24.0 Å². The fourth-order valence-electron chi connectivity index (χ4n) is 4.39. The Morgan fingerprint density at radius 3 is 2.55 bits per heavy atom. The molecule has 1 heterocycles. The molecule has 0 radical (unpaired) electrons. The Labute approximate surface area is 188 Å². The molecular weight excluding hydrogens is 438 g/mol. The average Bonchev–Trinajstić information content (AvgIpc) is 3.28. The number of methoxy groups -OCH3 is 1. The normalized spacial score (nSPS) is 16.4. The quantitative estimate of drug-likeness (QED) is 0.660. The molecule has 0 aromatic heterocycles. The molecule has 1 fully saturated rings. The number of hydrogen-bond donors (Lipinski definition) is 1. The summed E-state index contributed by atoms with van der Waals surface area (Å²) in [4.78, 5) is 40.2. The monoisotopic (exact) mass is 460 g/mol. The van der Waals surface area contributed by atoms with E-state index < -0.39 is 30.6 Å². The van der Waals surface area contributed by atoms with Crippen LogP contribution in [-0.2, 0) is 14.3 Å². The lowest BCUT2D eigenvalue weighted by molar-refractivity contribution is -0.129. The van der Waals surface area contributed by atoms with E-state index in [4.69, 9.17) is 9.47 Å². The zero-order valence-corrected chi connectivity index (χ0v) is 17.8. The van der Waals surface area contributed by atoms with Crippen LogP contribution in [0.2, 0.25) is 0 Å². The predicted molar refractivity (Wildman–Crippen MR) is 114 cm³/mol. The van der Waals surface area contributed by atoms with Crippen LogP contribution >= 0.6 is 0 Å². The summed E-state index contributed by atoms with van der Waals surface area (Å²) in [5, 5.41) is 2.88. The first-order chi connectivity index (χ1) is 15.9. The molecule has 2 aliphatic rings. The Morgan fingerprint density at radius 1 is 1.12 bits per heavy atom. The van der Waals surface area contributed by atoms with Gasteiger partial charge >= 0.3 is 12.6 Å². The zero-order chi connectivity index (χ0) is 23.6. The number of alkyl halides is 2. The number of amides is 2. The van der Waals surface area contributed by atoms with E-state index in [0.717, 1.165) is 18.9 Å². The maximum atomic E-state index is 13.2. The van der Waals surface area contributed by atoms with Gasteiger partial charge in [0.15, 0.2) is 18.1 Å². The largest absolute Gasteiger partial charge is 0.493 e. The first-order valence-electron chi connectivity index (χ1n) is 10.4. The fourth-order valence-corrected chi connectivity index (χ4v) is 4.39. The molecule has 8 nitrogen and oxygen atoms in total. The van der Waals surface area contributed by atoms with Crippen LogP contribution < -0.4 is 19.7 Å². The minimum atomic E-state index is -3.05. The number of carbonyl (C=O) groups excluding carboxylic acids is 3. The zero-order valence-electron chi connectivity index (χ0n) is 17.8. The summed E-state index contributed by atoms with van der Waals surface area (Å²) in [6.45, 7) is -3.65. The lowest BCUT2D eigenvalue weighted by atomic mass is 9.90. The molecular formula is C23H22F2N2O6. The smallest absolute Gasteiger partial charge is 0.387 e. The minimum absolute atomic E-state index is 0.00590. The molecule has 174 valence electrons. The van der Waals surface area contributed by atoms with E-state index in [9.17, 15) is 23.2 Å². The van der Waals surface area contributed by atoms with Gasteiger partial charge in [-0.15, -0.1) is 0 Å². The van der Waals surface area contributed by atoms with Crippen LogP contribution in [0.4, 0.5) is 20.2 Å². The van der Waals surface area contributed by atoms with Crippen LogP contribution in [0.25, 0.3) is 0 Å². The summed E-state index contributed by atoms with van der Waals surface area (Å²) in [6, 6.07) is 10.5. The van der Waals surface area contributed by atoms with Gasteiger partial charge in [0.25, 0.3) is 11.8 Å². The molecule has 2 amide bonds. The highest BCUT2D eigenvalue weighted by Gasteiger charge is 2.52. The van der Waals surface area contributed by atoms with Crippen molar-refractivity contribution >= 4 is 29.2 Å². The van der Waals surface area contributed by atoms with Gasteiger partial charge in [0.2, 0.25) is 0 Å². The fraction of sp³-hybridized carbons (Fsp3) is 0.348. The van der Waals surface area contributed by atoms with Crippen LogP contribution in [0.5, 0.6) is 11.5 Å². The van der Waals surface area contributed by atoms with Gasteiger partial charge in [0, 0.05) is 0 Å². The van der Waals surface area contributed by atoms with Crippen LogP contribution in [-0.4, -0.2) is 43.7 Å². The number of halogens is 2. The molecule has 0 saturated heterocycles. The predicted octanol–water partition coefficient (Wildman–Crippen LogP) is 3.75. The number of para-hydroxylation sites is 2. The number of ether oxygens (including phenoxy) is 3. The van der Waals surface area contributed by atoms with E-state index in [1.807, 2.05) is 0 Å². The second kappa shape index (κ2) is 9.05. The van der Waals surface area contributed by atoms with Crippen LogP contribution in [0.3, 0.4) is 0 Å². The highest BCUT2D eigenvalue weighted by atomic mass is 19.3. The van der Waals surface area contributed by atoms with Gasteiger partial charge in [-0.1, -0.05) is 25.0 Å². The molecule has 1 spiro atoms. The number of benzene rings is 2. The van der Waals surface area contributed by atoms with E-state index >= 15 is 0 Å². The molecule has 10 heteroatoms. The molecule has 2 aromatic rings. The first-order valence-corrected chi connectivity index (χ1v) is 10.4. The molecule has 1 saturated carbocycles. The molecule has 1 aliphatic heterocycles. The average molecular weight is 460 g/mol. The van der Waals surface area contributed by atoms with Gasteiger partial charge in [-0.2, -0.15) is 8.78 Å². The molecule has 0 atom stereocenters. The number of carbonyl (C=O) groups is 3. The van der Waals surface area contributed by atoms with Crippen LogP contribution in [0, 0.1) is 0 Å². The standard InChI is InChI=1S/C23H22F2N2O6/c1-31-18-12-14(8-9-17(18)33-22(24)25)20(29)32-13-19(28)27-16-7-3-2-6-15(16)26-21(30)23(27)10-4-5-11-23/h2-3,6-9,12,22H,4-5,10-11,13H2,1H3,(H,26,30). The Morgan fingerprint density at radius 2 is 1.85 bits per heavy atom. The number of anilines is 2. The number of rotatable bonds is 6. The minimum Gasteiger partial charge on any atom is -0.493 e. The van der Waals surface area contributed by atoms with Crippen molar-refractivity contribution in [2.45, 2.75) is 37.8 Å². The van der Waals surface area contributed by atoms with Crippen molar-refractivity contribution in [1.29, 1.82) is 0 Å². The number of fused-ring (bicyclic) bond motifs is 1. The van der Waals surface area contributed by atoms with Crippen molar-refractivity contribution in [2.75, 3.05) is 23.9 Å². The molecule has 0 unspecified atom stereocenters. The summed E-state index contributed by atoms with van der Waals surface area (Å²) >= 11 is 0. The SMILES string of the molecule is COc1cc(C(=O)OCC(=O)N2c3ccccc3NC(=O)C23CCCC3)ccc1OC(F)F.